The van der Waals surface area contributed by atoms with Crippen molar-refractivity contribution in [3.05, 3.63) is 22.8 Å². The summed E-state index contributed by atoms with van der Waals surface area (Å²) in [5.74, 6) is 2.59. The van der Waals surface area contributed by atoms with Gasteiger partial charge >= 0.3 is 6.09 Å². The number of pyridine rings is 1. The van der Waals surface area contributed by atoms with E-state index in [4.69, 9.17) is 6.42 Å². The molecule has 0 unspecified atom stereocenters. The van der Waals surface area contributed by atoms with Gasteiger partial charge in [0.1, 0.15) is 5.82 Å². The van der Waals surface area contributed by atoms with Crippen molar-refractivity contribution in [1.82, 2.24) is 4.98 Å². The molecule has 14 heavy (non-hydrogen) atoms. The van der Waals surface area contributed by atoms with Gasteiger partial charge in [-0.3, -0.25) is 5.32 Å². The van der Waals surface area contributed by atoms with Crippen LogP contribution >= 0.6 is 15.9 Å². The summed E-state index contributed by atoms with van der Waals surface area (Å²) >= 11 is 3.22. The van der Waals surface area contributed by atoms with E-state index in [0.717, 1.165) is 4.47 Å². The predicted molar refractivity (Wildman–Crippen MR) is 55.7 cm³/mol. The van der Waals surface area contributed by atoms with Crippen LogP contribution in [0.5, 0.6) is 0 Å². The van der Waals surface area contributed by atoms with Gasteiger partial charge in [0, 0.05) is 10.7 Å². The number of amides is 1. The van der Waals surface area contributed by atoms with Crippen LogP contribution < -0.4 is 5.32 Å². The van der Waals surface area contributed by atoms with Gasteiger partial charge in [-0.1, -0.05) is 5.92 Å². The lowest BCUT2D eigenvalue weighted by molar-refractivity contribution is 0.176. The second kappa shape index (κ2) is 5.25. The minimum absolute atomic E-state index is 0.0532. The Morgan fingerprint density at radius 1 is 1.71 bits per heavy atom. The summed E-state index contributed by atoms with van der Waals surface area (Å²) in [6.07, 6.45) is 5.87. The lowest BCUT2D eigenvalue weighted by atomic mass is 10.5. The monoisotopic (exact) mass is 254 g/mol. The number of halogens is 1. The average Bonchev–Trinajstić information content (AvgIpc) is 2.18. The molecule has 0 aliphatic heterocycles. The molecule has 1 amide bonds. The van der Waals surface area contributed by atoms with Crippen molar-refractivity contribution in [1.29, 1.82) is 0 Å². The summed E-state index contributed by atoms with van der Waals surface area (Å²) in [7, 11) is 0. The maximum Gasteiger partial charge on any atom is 0.413 e. The second-order valence-corrected chi connectivity index (χ2v) is 3.18. The molecule has 0 aromatic carbocycles. The Kier molecular flexibility index (Phi) is 3.95. The lowest BCUT2D eigenvalue weighted by Crippen LogP contribution is -2.14. The fraction of sp³-hybridized carbons (Fsp3) is 0.111. The van der Waals surface area contributed by atoms with E-state index in [1.807, 2.05) is 0 Å². The number of hydrogen-bond acceptors (Lipinski definition) is 3. The maximum atomic E-state index is 11.0. The van der Waals surface area contributed by atoms with E-state index in [1.165, 1.54) is 0 Å². The molecule has 1 aromatic rings. The van der Waals surface area contributed by atoms with Gasteiger partial charge < -0.3 is 4.74 Å². The molecule has 0 aliphatic carbocycles. The van der Waals surface area contributed by atoms with Crippen molar-refractivity contribution in [3.63, 3.8) is 0 Å². The van der Waals surface area contributed by atoms with Crippen LogP contribution in [-0.2, 0) is 4.74 Å². The smallest absolute Gasteiger partial charge is 0.413 e. The number of anilines is 1. The van der Waals surface area contributed by atoms with Gasteiger partial charge in [0.05, 0.1) is 0 Å². The third kappa shape index (κ3) is 3.46. The van der Waals surface area contributed by atoms with Crippen molar-refractivity contribution in [2.24, 2.45) is 0 Å². The van der Waals surface area contributed by atoms with Crippen molar-refractivity contribution < 1.29 is 9.53 Å². The van der Waals surface area contributed by atoms with Gasteiger partial charge in [-0.15, -0.1) is 6.42 Å². The van der Waals surface area contributed by atoms with Crippen molar-refractivity contribution in [3.8, 4) is 12.3 Å². The number of carbonyl (C=O) groups excluding carboxylic acids is 1. The molecule has 1 N–H and O–H groups in total. The number of hydrogen-bond donors (Lipinski definition) is 1. The number of terminal acetylenes is 1. The molecule has 0 aliphatic rings. The molecule has 0 fully saturated rings. The highest BCUT2D eigenvalue weighted by Gasteiger charge is 2.01. The van der Waals surface area contributed by atoms with Gasteiger partial charge in [0.2, 0.25) is 0 Å². The molecule has 0 bridgehead atoms. The van der Waals surface area contributed by atoms with E-state index in [-0.39, 0.29) is 6.61 Å². The lowest BCUT2D eigenvalue weighted by Gasteiger charge is -2.02. The van der Waals surface area contributed by atoms with Gasteiger partial charge in [-0.25, -0.2) is 9.78 Å². The van der Waals surface area contributed by atoms with E-state index in [2.05, 4.69) is 36.9 Å². The summed E-state index contributed by atoms with van der Waals surface area (Å²) < 4.78 is 5.42. The molecule has 1 aromatic heterocycles. The zero-order valence-electron chi connectivity index (χ0n) is 7.16. The van der Waals surface area contributed by atoms with Gasteiger partial charge in [0.25, 0.3) is 0 Å². The van der Waals surface area contributed by atoms with Crippen LogP contribution in [0.2, 0.25) is 0 Å². The largest absolute Gasteiger partial charge is 0.436 e. The summed E-state index contributed by atoms with van der Waals surface area (Å²) in [6, 6.07) is 3.39. The number of rotatable bonds is 2. The number of aromatic nitrogens is 1. The molecule has 72 valence electrons. The highest BCUT2D eigenvalue weighted by Crippen LogP contribution is 2.10. The zero-order valence-corrected chi connectivity index (χ0v) is 8.74. The Bertz CT molecular complexity index is 356. The zero-order chi connectivity index (χ0) is 10.4. The first-order chi connectivity index (χ1) is 6.72. The minimum atomic E-state index is -0.613. The molecular weight excluding hydrogens is 248 g/mol. The Hall–Kier alpha value is -1.54. The molecule has 0 atom stereocenters. The molecule has 0 spiro atoms. The molecule has 0 radical (unpaired) electrons. The molecule has 0 saturated heterocycles. The average molecular weight is 255 g/mol. The Labute approximate surface area is 89.8 Å². The highest BCUT2D eigenvalue weighted by atomic mass is 79.9. The second-order valence-electron chi connectivity index (χ2n) is 2.27. The fourth-order valence-electron chi connectivity index (χ4n) is 0.698. The van der Waals surface area contributed by atoms with E-state index in [9.17, 15) is 4.79 Å². The number of carbonyl (C=O) groups is 1. The molecule has 5 heteroatoms. The topological polar surface area (TPSA) is 51.2 Å². The van der Waals surface area contributed by atoms with Crippen molar-refractivity contribution in [2.75, 3.05) is 11.9 Å². The first-order valence-electron chi connectivity index (χ1n) is 3.71. The molecule has 1 heterocycles. The first kappa shape index (κ1) is 10.5. The third-order valence-corrected chi connectivity index (χ3v) is 1.71. The normalized spacial score (nSPS) is 8.86. The van der Waals surface area contributed by atoms with Gasteiger partial charge in [-0.2, -0.15) is 0 Å². The van der Waals surface area contributed by atoms with E-state index >= 15 is 0 Å². The molecular formula is C9H7BrN2O2. The Morgan fingerprint density at radius 2 is 2.50 bits per heavy atom. The summed E-state index contributed by atoms with van der Waals surface area (Å²) in [5.41, 5.74) is 0. The quantitative estimate of drug-likeness (QED) is 0.822. The predicted octanol–water partition coefficient (Wildman–Crippen LogP) is 2.03. The molecule has 4 nitrogen and oxygen atoms in total. The third-order valence-electron chi connectivity index (χ3n) is 1.24. The number of nitrogens with one attached hydrogen (secondary N) is 1. The Balaban J connectivity index is 2.49. The van der Waals surface area contributed by atoms with Gasteiger partial charge in [0.15, 0.2) is 6.61 Å². The summed E-state index contributed by atoms with van der Waals surface area (Å²) in [6.45, 7) is -0.0532. The van der Waals surface area contributed by atoms with Crippen molar-refractivity contribution >= 4 is 27.8 Å². The van der Waals surface area contributed by atoms with Crippen LogP contribution in [0.3, 0.4) is 0 Å². The molecule has 1 rings (SSSR count). The van der Waals surface area contributed by atoms with Crippen molar-refractivity contribution in [2.45, 2.75) is 0 Å². The summed E-state index contributed by atoms with van der Waals surface area (Å²) in [5, 5.41) is 2.42. The van der Waals surface area contributed by atoms with E-state index in [1.54, 1.807) is 18.3 Å². The van der Waals surface area contributed by atoms with Crippen LogP contribution in [0.4, 0.5) is 10.6 Å². The highest BCUT2D eigenvalue weighted by molar-refractivity contribution is 9.10. The fourth-order valence-corrected chi connectivity index (χ4v) is 0.932. The van der Waals surface area contributed by atoms with Crippen LogP contribution in [-0.4, -0.2) is 17.7 Å². The number of nitrogens with zero attached hydrogens (tertiary/aromatic N) is 1. The molecule has 0 saturated carbocycles. The Morgan fingerprint density at radius 3 is 3.07 bits per heavy atom. The van der Waals surface area contributed by atoms with E-state index < -0.39 is 6.09 Å². The van der Waals surface area contributed by atoms with Crippen LogP contribution in [0.1, 0.15) is 0 Å². The number of ether oxygens (including phenoxy) is 1. The summed E-state index contributed by atoms with van der Waals surface area (Å²) in [4.78, 5) is 14.9. The van der Waals surface area contributed by atoms with Gasteiger partial charge in [-0.05, 0) is 28.1 Å². The minimum Gasteiger partial charge on any atom is -0.436 e. The first-order valence-corrected chi connectivity index (χ1v) is 4.50. The SMILES string of the molecule is C#CCOC(=O)Nc1ccc(Br)cn1. The van der Waals surface area contributed by atoms with Crippen LogP contribution in [0, 0.1) is 12.3 Å². The van der Waals surface area contributed by atoms with E-state index in [0.29, 0.717) is 5.82 Å². The maximum absolute atomic E-state index is 11.0. The standard InChI is InChI=1S/C9H7BrN2O2/c1-2-5-14-9(13)12-8-4-3-7(10)6-11-8/h1,3-4,6H,5H2,(H,11,12,13). The van der Waals surface area contributed by atoms with Crippen LogP contribution in [0.25, 0.3) is 0 Å². The van der Waals surface area contributed by atoms with Crippen LogP contribution in [0.15, 0.2) is 22.8 Å².